The van der Waals surface area contributed by atoms with Gasteiger partial charge in [-0.25, -0.2) is 0 Å². The number of hydrogen-bond donors (Lipinski definition) is 2. The van der Waals surface area contributed by atoms with E-state index >= 15 is 0 Å². The molecule has 0 radical (unpaired) electrons. The molecule has 0 bridgehead atoms. The highest BCUT2D eigenvalue weighted by atomic mass is 16.5. The first-order valence-electron chi connectivity index (χ1n) is 20.4. The van der Waals surface area contributed by atoms with Crippen LogP contribution in [0.5, 0.6) is 0 Å². The Bertz CT molecular complexity index is 1370. The predicted octanol–water partition coefficient (Wildman–Crippen LogP) is 5.32. The Hall–Kier alpha value is -3.35. The van der Waals surface area contributed by atoms with Gasteiger partial charge >= 0.3 is 5.97 Å². The van der Waals surface area contributed by atoms with E-state index in [0.717, 1.165) is 18.4 Å². The molecule has 1 aromatic rings. The van der Waals surface area contributed by atoms with Crippen LogP contribution in [-0.4, -0.2) is 127 Å². The third kappa shape index (κ3) is 13.1. The van der Waals surface area contributed by atoms with Crippen LogP contribution in [0.3, 0.4) is 0 Å². The van der Waals surface area contributed by atoms with Crippen LogP contribution in [0.1, 0.15) is 99.5 Å². The Morgan fingerprint density at radius 1 is 0.945 bits per heavy atom. The van der Waals surface area contributed by atoms with Gasteiger partial charge < -0.3 is 29.7 Å². The van der Waals surface area contributed by atoms with Crippen molar-refractivity contribution in [2.45, 2.75) is 137 Å². The number of carbonyl (C=O) groups is 5. The molecule has 12 heteroatoms. The van der Waals surface area contributed by atoms with Gasteiger partial charge in [0.25, 0.3) is 0 Å². The summed E-state index contributed by atoms with van der Waals surface area (Å²) in [5, 5.41) is 12.9. The normalized spacial score (nSPS) is 19.0. The van der Waals surface area contributed by atoms with Gasteiger partial charge in [-0.2, -0.15) is 0 Å². The lowest BCUT2D eigenvalue weighted by Crippen LogP contribution is -2.60. The van der Waals surface area contributed by atoms with Crippen LogP contribution in [0.4, 0.5) is 0 Å². The highest BCUT2D eigenvalue weighted by molar-refractivity contribution is 5.90. The molecule has 0 spiro atoms. The summed E-state index contributed by atoms with van der Waals surface area (Å²) in [6, 6.07) is 7.45. The van der Waals surface area contributed by atoms with E-state index in [4.69, 9.17) is 9.47 Å². The number of nitrogens with one attached hydrogen (secondary N) is 1. The van der Waals surface area contributed by atoms with E-state index in [0.29, 0.717) is 25.9 Å². The monoisotopic (exact) mass is 773 g/mol. The van der Waals surface area contributed by atoms with Crippen LogP contribution >= 0.6 is 0 Å². The number of methoxy groups -OCH3 is 2. The predicted molar refractivity (Wildman–Crippen MR) is 215 cm³/mol. The first kappa shape index (κ1) is 47.8. The molecular weight excluding hydrogens is 700 g/mol. The number of ether oxygens (including phenoxy) is 2. The van der Waals surface area contributed by atoms with E-state index in [-0.39, 0.29) is 72.6 Å². The first-order valence-corrected chi connectivity index (χ1v) is 20.4. The van der Waals surface area contributed by atoms with Crippen molar-refractivity contribution in [1.29, 1.82) is 0 Å². The van der Waals surface area contributed by atoms with E-state index in [1.807, 2.05) is 90.7 Å². The van der Waals surface area contributed by atoms with Crippen molar-refractivity contribution in [2.75, 3.05) is 41.4 Å². The first-order chi connectivity index (χ1) is 25.9. The fourth-order valence-corrected chi connectivity index (χ4v) is 8.28. The standard InChI is InChI=1S/C43H72N4O8/c1-13-29(7)39(46(10)42(51)37(27(3)4)44-41(50)38(28(5)6)45(9)14-2)35(54-11)26-36(49)47-24-18-21-33(47)40(55-12)30(8)34(48)23-22-32(43(52)53)25-31-19-16-15-17-20-31/h15-17,19-20,27-30,32-33,35,37-40H,13-14,18,21-26H2,1-12H3,(H,44,50)(H,52,53)/t29-,30-,32-,33-,35+,37-,38-,39-,40+/m0/s1. The smallest absolute Gasteiger partial charge is 0.306 e. The number of likely N-dealkylation sites (tertiary alicyclic amines) is 1. The number of hydrogen-bond acceptors (Lipinski definition) is 8. The molecule has 1 aliphatic rings. The van der Waals surface area contributed by atoms with Crippen molar-refractivity contribution < 1.29 is 38.6 Å². The molecule has 2 N–H and O–H groups in total. The van der Waals surface area contributed by atoms with Crippen molar-refractivity contribution in [3.63, 3.8) is 0 Å². The van der Waals surface area contributed by atoms with Crippen molar-refractivity contribution >= 4 is 29.5 Å². The molecule has 1 heterocycles. The molecule has 1 aliphatic heterocycles. The van der Waals surface area contributed by atoms with Crippen molar-refractivity contribution in [2.24, 2.45) is 29.6 Å². The summed E-state index contributed by atoms with van der Waals surface area (Å²) in [4.78, 5) is 73.1. The number of benzene rings is 1. The molecule has 1 fully saturated rings. The van der Waals surface area contributed by atoms with E-state index in [9.17, 15) is 29.1 Å². The van der Waals surface area contributed by atoms with Gasteiger partial charge in [-0.3, -0.25) is 28.9 Å². The van der Waals surface area contributed by atoms with E-state index < -0.39 is 42.1 Å². The third-order valence-electron chi connectivity index (χ3n) is 11.9. The number of amides is 3. The third-order valence-corrected chi connectivity index (χ3v) is 11.9. The van der Waals surface area contributed by atoms with Gasteiger partial charge in [0, 0.05) is 40.2 Å². The summed E-state index contributed by atoms with van der Waals surface area (Å²) in [6.45, 7) is 16.9. The SMILES string of the molecule is CC[C@H](C)[C@@H]([C@@H](CC(=O)N1CCC[C@H]1[C@H](OC)[C@@H](C)C(=O)CC[C@@H](Cc1ccccc1)C(=O)O)OC)N(C)C(=O)[C@@H](NC(=O)[C@H](C(C)C)N(C)CC)C(C)C. The second-order valence-corrected chi connectivity index (χ2v) is 16.3. The molecule has 0 aliphatic carbocycles. The molecule has 0 saturated carbocycles. The van der Waals surface area contributed by atoms with Gasteiger partial charge in [-0.05, 0) is 62.6 Å². The minimum absolute atomic E-state index is 0.0214. The van der Waals surface area contributed by atoms with E-state index in [1.54, 1.807) is 38.0 Å². The van der Waals surface area contributed by atoms with Crippen LogP contribution in [-0.2, 0) is 39.9 Å². The van der Waals surface area contributed by atoms with Crippen LogP contribution in [0.15, 0.2) is 30.3 Å². The molecule has 3 amide bonds. The number of aliphatic carboxylic acids is 1. The van der Waals surface area contributed by atoms with Gasteiger partial charge in [0.05, 0.1) is 42.7 Å². The maximum atomic E-state index is 14.3. The molecule has 312 valence electrons. The van der Waals surface area contributed by atoms with Gasteiger partial charge in [-0.15, -0.1) is 0 Å². The lowest BCUT2D eigenvalue weighted by atomic mass is 9.87. The lowest BCUT2D eigenvalue weighted by molar-refractivity contribution is -0.148. The van der Waals surface area contributed by atoms with Crippen LogP contribution in [0.2, 0.25) is 0 Å². The van der Waals surface area contributed by atoms with Crippen LogP contribution in [0.25, 0.3) is 0 Å². The molecule has 0 unspecified atom stereocenters. The Morgan fingerprint density at radius 2 is 1.58 bits per heavy atom. The molecule has 0 aromatic heterocycles. The van der Waals surface area contributed by atoms with Gasteiger partial charge in [0.2, 0.25) is 17.7 Å². The van der Waals surface area contributed by atoms with Gasteiger partial charge in [0.1, 0.15) is 11.8 Å². The highest BCUT2D eigenvalue weighted by Crippen LogP contribution is 2.31. The second kappa shape index (κ2) is 23.0. The summed E-state index contributed by atoms with van der Waals surface area (Å²) in [5.41, 5.74) is 0.910. The topological polar surface area (TPSA) is 146 Å². The molecular formula is C43H72N4O8. The zero-order valence-corrected chi connectivity index (χ0v) is 35.7. The number of carboxylic acid groups (broad SMARTS) is 1. The van der Waals surface area contributed by atoms with Crippen molar-refractivity contribution in [3.05, 3.63) is 35.9 Å². The zero-order chi connectivity index (χ0) is 41.6. The number of Topliss-reactive ketones (excluding diaryl/α,β-unsaturated/α-hetero) is 1. The number of carboxylic acids is 1. The quantitative estimate of drug-likeness (QED) is 0.143. The molecule has 1 aromatic carbocycles. The second-order valence-electron chi connectivity index (χ2n) is 16.3. The maximum absolute atomic E-state index is 14.3. The fraction of sp³-hybridized carbons (Fsp3) is 0.744. The summed E-state index contributed by atoms with van der Waals surface area (Å²) in [5.74, 6) is -2.99. The number of nitrogens with zero attached hydrogens (tertiary/aromatic N) is 3. The zero-order valence-electron chi connectivity index (χ0n) is 35.7. The molecule has 55 heavy (non-hydrogen) atoms. The molecule has 1 saturated heterocycles. The molecule has 9 atom stereocenters. The number of rotatable bonds is 24. The Labute approximate surface area is 331 Å². The highest BCUT2D eigenvalue weighted by Gasteiger charge is 2.43. The lowest BCUT2D eigenvalue weighted by Gasteiger charge is -2.41. The van der Waals surface area contributed by atoms with Crippen molar-refractivity contribution in [3.8, 4) is 0 Å². The maximum Gasteiger partial charge on any atom is 0.306 e. The largest absolute Gasteiger partial charge is 0.481 e. The van der Waals surface area contributed by atoms with Crippen molar-refractivity contribution in [1.82, 2.24) is 20.0 Å². The summed E-state index contributed by atoms with van der Waals surface area (Å²) < 4.78 is 12.0. The summed E-state index contributed by atoms with van der Waals surface area (Å²) in [7, 11) is 6.75. The van der Waals surface area contributed by atoms with Crippen LogP contribution in [0, 0.1) is 29.6 Å². The Kier molecular flexibility index (Phi) is 20.0. The number of ketones is 1. The fourth-order valence-electron chi connectivity index (χ4n) is 8.28. The number of likely N-dealkylation sites (N-methyl/N-ethyl adjacent to an activating group) is 2. The van der Waals surface area contributed by atoms with E-state index in [1.165, 1.54) is 0 Å². The average molecular weight is 773 g/mol. The Morgan fingerprint density at radius 3 is 2.09 bits per heavy atom. The minimum Gasteiger partial charge on any atom is -0.481 e. The van der Waals surface area contributed by atoms with Gasteiger partial charge in [0.15, 0.2) is 0 Å². The van der Waals surface area contributed by atoms with Gasteiger partial charge in [-0.1, -0.05) is 92.1 Å². The summed E-state index contributed by atoms with van der Waals surface area (Å²) >= 11 is 0. The van der Waals surface area contributed by atoms with E-state index in [2.05, 4.69) is 5.32 Å². The summed E-state index contributed by atoms with van der Waals surface area (Å²) in [6.07, 6.45) is 1.63. The Balaban J connectivity index is 2.24. The molecule has 2 rings (SSSR count). The number of carbonyl (C=O) groups excluding carboxylic acids is 4. The van der Waals surface area contributed by atoms with Crippen LogP contribution < -0.4 is 5.32 Å². The average Bonchev–Trinajstić information content (AvgIpc) is 3.64. The molecule has 12 nitrogen and oxygen atoms in total. The minimum atomic E-state index is -0.931.